The fourth-order valence-corrected chi connectivity index (χ4v) is 0. The molecule has 0 aliphatic carbocycles. The quantitative estimate of drug-likeness (QED) is 0.551. The predicted octanol–water partition coefficient (Wildman–Crippen LogP) is 2.88. The summed E-state index contributed by atoms with van der Waals surface area (Å²) < 4.78 is -0.764. The Kier molecular flexibility index (Phi) is 2.43. The molecular weight excluding hydrogens is 215 g/mol. The molecule has 0 radical (unpaired) electrons. The van der Waals surface area contributed by atoms with E-state index in [1.165, 1.54) is 0 Å². The van der Waals surface area contributed by atoms with Crippen LogP contribution in [0, 0.1) is 0 Å². The van der Waals surface area contributed by atoms with Gasteiger partial charge in [-0.2, -0.15) is 0 Å². The van der Waals surface area contributed by atoms with Crippen LogP contribution >= 0.6 is 35.6 Å². The van der Waals surface area contributed by atoms with Gasteiger partial charge in [-0.3, -0.25) is 0 Å². The van der Waals surface area contributed by atoms with Crippen LogP contribution in [0.15, 0.2) is 0 Å². The van der Waals surface area contributed by atoms with Crippen LogP contribution in [0.25, 0.3) is 0 Å². The fraction of sp³-hybridized carbons (Fsp3) is 1.00. The van der Waals surface area contributed by atoms with Crippen LogP contribution in [0.4, 0.5) is 0 Å². The zero-order chi connectivity index (χ0) is 4.50. The molecule has 0 saturated carbocycles. The van der Waals surface area contributed by atoms with E-state index in [-0.39, 0.29) is 0 Å². The number of rotatable bonds is 0. The lowest BCUT2D eigenvalue weighted by atomic mass is 11.9. The molecule has 0 nitrogen and oxygen atoms in total. The normalized spacial score (nSPS) is 12.0. The second-order valence-corrected chi connectivity index (χ2v) is 17.1. The molecule has 0 unspecified atom stereocenters. The summed E-state index contributed by atoms with van der Waals surface area (Å²) in [7, 11) is 0. The van der Waals surface area contributed by atoms with Gasteiger partial charge in [0.2, 0.25) is 0 Å². The molecule has 3 heteroatoms. The SMILES string of the molecule is C[P+](C)(Br)Br. The van der Waals surface area contributed by atoms with Gasteiger partial charge in [0.15, 0.2) is 31.0 Å². The van der Waals surface area contributed by atoms with Gasteiger partial charge in [-0.05, 0) is 0 Å². The third kappa shape index (κ3) is 32.1. The van der Waals surface area contributed by atoms with Crippen molar-refractivity contribution in [1.29, 1.82) is 0 Å². The molecule has 0 aromatic rings. The topological polar surface area (TPSA) is 0 Å². The van der Waals surface area contributed by atoms with Gasteiger partial charge < -0.3 is 0 Å². The maximum Gasteiger partial charge on any atom is 0.151 e. The van der Waals surface area contributed by atoms with E-state index >= 15 is 0 Å². The van der Waals surface area contributed by atoms with E-state index in [1.807, 2.05) is 0 Å². The highest BCUT2D eigenvalue weighted by Crippen LogP contribution is 2.66. The van der Waals surface area contributed by atoms with Gasteiger partial charge in [-0.1, -0.05) is 0 Å². The number of hydrogen-bond donors (Lipinski definition) is 0. The zero-order valence-corrected chi connectivity index (χ0v) is 7.27. The fourth-order valence-electron chi connectivity index (χ4n) is 0. The smallest absolute Gasteiger partial charge is 0.0688 e. The molecule has 0 heterocycles. The summed E-state index contributed by atoms with van der Waals surface area (Å²) in [5, 5.41) is 0. The van der Waals surface area contributed by atoms with E-state index in [9.17, 15) is 0 Å². The second kappa shape index (κ2) is 1.90. The molecule has 0 saturated heterocycles. The van der Waals surface area contributed by atoms with Crippen molar-refractivity contribution in [2.75, 3.05) is 13.3 Å². The maximum atomic E-state index is 3.40. The molecule has 0 aliphatic rings. The summed E-state index contributed by atoms with van der Waals surface area (Å²) in [4.78, 5) is 0. The molecule has 32 valence electrons. The number of halogens is 2. The third-order valence-corrected chi connectivity index (χ3v) is 0. The van der Waals surface area contributed by atoms with Gasteiger partial charge in [0.25, 0.3) is 0 Å². The van der Waals surface area contributed by atoms with E-state index in [0.29, 0.717) is 0 Å². The first-order valence-electron chi connectivity index (χ1n) is 1.23. The van der Waals surface area contributed by atoms with E-state index in [0.717, 1.165) is 0 Å². The Hall–Kier alpha value is 1.39. The Balaban J connectivity index is 3.02. The van der Waals surface area contributed by atoms with Gasteiger partial charge in [0.05, 0.1) is 13.3 Å². The summed E-state index contributed by atoms with van der Waals surface area (Å²) in [5.74, 6) is 0. The lowest BCUT2D eigenvalue weighted by Gasteiger charge is -1.87. The molecule has 0 atom stereocenters. The van der Waals surface area contributed by atoms with Crippen molar-refractivity contribution in [2.45, 2.75) is 0 Å². The molecule has 0 amide bonds. The Labute approximate surface area is 49.1 Å². The van der Waals surface area contributed by atoms with Crippen LogP contribution in [0.1, 0.15) is 0 Å². The van der Waals surface area contributed by atoms with Crippen molar-refractivity contribution >= 4 is 35.6 Å². The minimum Gasteiger partial charge on any atom is 0.0688 e. The van der Waals surface area contributed by atoms with E-state index in [1.54, 1.807) is 0 Å². The van der Waals surface area contributed by atoms with Crippen molar-refractivity contribution in [3.63, 3.8) is 0 Å². The van der Waals surface area contributed by atoms with Gasteiger partial charge in [0, 0.05) is 0 Å². The molecular formula is C2H6Br2P+. The Morgan fingerprint density at radius 1 is 1.20 bits per heavy atom. The first kappa shape index (κ1) is 6.39. The van der Waals surface area contributed by atoms with Gasteiger partial charge in [0.1, 0.15) is 4.67 Å². The summed E-state index contributed by atoms with van der Waals surface area (Å²) in [6.07, 6.45) is 0. The average Bonchev–Trinajstić information content (AvgIpc) is 0.722. The molecule has 0 bridgehead atoms. The monoisotopic (exact) mass is 219 g/mol. The summed E-state index contributed by atoms with van der Waals surface area (Å²) >= 11 is 6.81. The van der Waals surface area contributed by atoms with Crippen LogP contribution in [0.3, 0.4) is 0 Å². The van der Waals surface area contributed by atoms with Gasteiger partial charge in [-0.15, -0.1) is 0 Å². The van der Waals surface area contributed by atoms with Crippen molar-refractivity contribution < 1.29 is 0 Å². The highest BCUT2D eigenvalue weighted by molar-refractivity contribution is 9.72. The minimum absolute atomic E-state index is 0.764. The first-order chi connectivity index (χ1) is 2.00. The van der Waals surface area contributed by atoms with Crippen LogP contribution in [-0.2, 0) is 0 Å². The lowest BCUT2D eigenvalue weighted by molar-refractivity contribution is 2.29. The third-order valence-electron chi connectivity index (χ3n) is 0. The minimum atomic E-state index is -0.764. The van der Waals surface area contributed by atoms with E-state index < -0.39 is 4.67 Å². The Morgan fingerprint density at radius 2 is 1.20 bits per heavy atom. The average molecular weight is 221 g/mol. The number of hydrogen-bond acceptors (Lipinski definition) is 0. The molecule has 0 fully saturated rings. The van der Waals surface area contributed by atoms with Crippen molar-refractivity contribution in [3.8, 4) is 0 Å². The molecule has 0 rings (SSSR count). The van der Waals surface area contributed by atoms with Crippen LogP contribution < -0.4 is 0 Å². The zero-order valence-electron chi connectivity index (χ0n) is 3.20. The summed E-state index contributed by atoms with van der Waals surface area (Å²) in [5.41, 5.74) is 0. The summed E-state index contributed by atoms with van der Waals surface area (Å²) in [6.45, 7) is 4.26. The van der Waals surface area contributed by atoms with Crippen molar-refractivity contribution in [1.82, 2.24) is 0 Å². The standard InChI is InChI=1S/C2H6Br2P/c1-5(2,3)4/h1-2H3/q+1. The Bertz CT molecular complexity index is 23.1. The van der Waals surface area contributed by atoms with Crippen molar-refractivity contribution in [3.05, 3.63) is 0 Å². The van der Waals surface area contributed by atoms with Crippen molar-refractivity contribution in [2.24, 2.45) is 0 Å². The molecule has 0 aromatic carbocycles. The highest BCUT2D eigenvalue weighted by atomic mass is 79.9. The maximum absolute atomic E-state index is 3.40. The van der Waals surface area contributed by atoms with Gasteiger partial charge in [-0.25, -0.2) is 0 Å². The molecule has 0 spiro atoms. The second-order valence-electron chi connectivity index (χ2n) is 1.19. The Morgan fingerprint density at radius 3 is 1.20 bits per heavy atom. The van der Waals surface area contributed by atoms with Gasteiger partial charge >= 0.3 is 0 Å². The molecule has 0 N–H and O–H groups in total. The lowest BCUT2D eigenvalue weighted by Crippen LogP contribution is -1.51. The molecule has 0 aliphatic heterocycles. The predicted molar refractivity (Wildman–Crippen MR) is 36.6 cm³/mol. The van der Waals surface area contributed by atoms with Crippen LogP contribution in [0.5, 0.6) is 0 Å². The molecule has 0 aromatic heterocycles. The molecule has 5 heavy (non-hydrogen) atoms. The largest absolute Gasteiger partial charge is 0.151 e. The van der Waals surface area contributed by atoms with Crippen LogP contribution in [0.2, 0.25) is 0 Å². The first-order valence-corrected chi connectivity index (χ1v) is 7.95. The highest BCUT2D eigenvalue weighted by Gasteiger charge is 2.13. The van der Waals surface area contributed by atoms with Crippen LogP contribution in [-0.4, -0.2) is 13.3 Å². The van der Waals surface area contributed by atoms with E-state index in [2.05, 4.69) is 44.3 Å². The summed E-state index contributed by atoms with van der Waals surface area (Å²) in [6, 6.07) is 0. The van der Waals surface area contributed by atoms with E-state index in [4.69, 9.17) is 0 Å².